The van der Waals surface area contributed by atoms with Crippen molar-refractivity contribution in [3.8, 4) is 0 Å². The molecule has 186 valence electrons. The highest BCUT2D eigenvalue weighted by molar-refractivity contribution is 6.34. The van der Waals surface area contributed by atoms with Crippen LogP contribution in [0.5, 0.6) is 0 Å². The Morgan fingerprint density at radius 1 is 1.11 bits per heavy atom. The van der Waals surface area contributed by atoms with Crippen molar-refractivity contribution in [2.45, 2.75) is 32.7 Å². The molecule has 35 heavy (non-hydrogen) atoms. The molecule has 9 nitrogen and oxygen atoms in total. The van der Waals surface area contributed by atoms with Crippen molar-refractivity contribution in [2.75, 3.05) is 33.5 Å². The second kappa shape index (κ2) is 10.1. The average Bonchev–Trinajstić information content (AvgIpc) is 3.24. The van der Waals surface area contributed by atoms with Gasteiger partial charge in [0.05, 0.1) is 11.1 Å². The van der Waals surface area contributed by atoms with E-state index in [0.29, 0.717) is 33.8 Å². The highest BCUT2D eigenvalue weighted by Gasteiger charge is 2.28. The smallest absolute Gasteiger partial charge is 0.256 e. The molecular weight excluding hydrogens is 453 g/mol. The molecule has 2 heterocycles. The van der Waals surface area contributed by atoms with E-state index in [1.54, 1.807) is 48.1 Å². The van der Waals surface area contributed by atoms with E-state index < -0.39 is 17.8 Å². The number of hydrogen-bond acceptors (Lipinski definition) is 4. The third-order valence-corrected chi connectivity index (χ3v) is 5.95. The summed E-state index contributed by atoms with van der Waals surface area (Å²) in [6.07, 6.45) is 1.84. The molecule has 1 atom stereocenters. The summed E-state index contributed by atoms with van der Waals surface area (Å²) in [6, 6.07) is 3.17. The van der Waals surface area contributed by atoms with E-state index in [-0.39, 0.29) is 36.1 Å². The number of benzene rings is 1. The van der Waals surface area contributed by atoms with Crippen molar-refractivity contribution in [1.29, 1.82) is 0 Å². The summed E-state index contributed by atoms with van der Waals surface area (Å²) >= 11 is 0. The van der Waals surface area contributed by atoms with Crippen molar-refractivity contribution >= 4 is 41.0 Å². The van der Waals surface area contributed by atoms with E-state index in [0.717, 1.165) is 0 Å². The minimum Gasteiger partial charge on any atom is -0.358 e. The Morgan fingerprint density at radius 2 is 1.80 bits per heavy atom. The van der Waals surface area contributed by atoms with Crippen molar-refractivity contribution in [2.24, 2.45) is 0 Å². The van der Waals surface area contributed by atoms with Gasteiger partial charge in [-0.05, 0) is 50.1 Å². The lowest BCUT2D eigenvalue weighted by Crippen LogP contribution is -2.47. The number of halogens is 1. The molecule has 0 unspecified atom stereocenters. The summed E-state index contributed by atoms with van der Waals surface area (Å²) in [5.41, 5.74) is 3.21. The highest BCUT2D eigenvalue weighted by Crippen LogP contribution is 2.34. The van der Waals surface area contributed by atoms with Gasteiger partial charge in [0.15, 0.2) is 0 Å². The maximum absolute atomic E-state index is 13.8. The van der Waals surface area contributed by atoms with Gasteiger partial charge in [-0.1, -0.05) is 0 Å². The lowest BCUT2D eigenvalue weighted by atomic mass is 10.0. The number of carbonyl (C=O) groups is 4. The first-order valence-corrected chi connectivity index (χ1v) is 11.1. The number of nitrogens with one attached hydrogen (secondary N) is 3. The molecule has 1 aromatic heterocycles. The van der Waals surface area contributed by atoms with Gasteiger partial charge in [0, 0.05) is 57.3 Å². The zero-order chi connectivity index (χ0) is 26.0. The zero-order valence-corrected chi connectivity index (χ0v) is 20.7. The van der Waals surface area contributed by atoms with Gasteiger partial charge in [0.25, 0.3) is 11.8 Å². The highest BCUT2D eigenvalue weighted by atomic mass is 19.1. The Labute approximate surface area is 203 Å². The molecule has 0 fully saturated rings. The van der Waals surface area contributed by atoms with E-state index in [4.69, 9.17) is 0 Å². The van der Waals surface area contributed by atoms with Gasteiger partial charge in [0.1, 0.15) is 11.9 Å². The fourth-order valence-electron chi connectivity index (χ4n) is 4.00. The van der Waals surface area contributed by atoms with Crippen LogP contribution in [0.25, 0.3) is 11.6 Å². The second-order valence-electron chi connectivity index (χ2n) is 8.95. The first-order chi connectivity index (χ1) is 16.4. The Balaban J connectivity index is 1.89. The summed E-state index contributed by atoms with van der Waals surface area (Å²) in [7, 11) is 6.42. The number of fused-ring (bicyclic) bond motifs is 1. The molecule has 0 saturated heterocycles. The van der Waals surface area contributed by atoms with Crippen molar-refractivity contribution < 1.29 is 23.6 Å². The average molecular weight is 484 g/mol. The van der Waals surface area contributed by atoms with E-state index in [9.17, 15) is 23.6 Å². The van der Waals surface area contributed by atoms with E-state index >= 15 is 0 Å². The molecule has 0 radical (unpaired) electrons. The Morgan fingerprint density at radius 3 is 2.43 bits per heavy atom. The summed E-state index contributed by atoms with van der Waals surface area (Å²) in [5.74, 6) is -1.77. The number of nitrogens with zero attached hydrogens (tertiary/aromatic N) is 2. The second-order valence-corrected chi connectivity index (χ2v) is 8.95. The monoisotopic (exact) mass is 483 g/mol. The number of aromatic nitrogens is 1. The molecule has 3 rings (SSSR count). The predicted molar refractivity (Wildman–Crippen MR) is 131 cm³/mol. The van der Waals surface area contributed by atoms with Gasteiger partial charge in [-0.2, -0.15) is 0 Å². The molecule has 1 aromatic carbocycles. The third-order valence-electron chi connectivity index (χ3n) is 5.95. The molecule has 1 aliphatic heterocycles. The fourth-order valence-corrected chi connectivity index (χ4v) is 4.00. The van der Waals surface area contributed by atoms with Crippen LogP contribution in [0.3, 0.4) is 0 Å². The van der Waals surface area contributed by atoms with Crippen LogP contribution in [-0.2, 0) is 14.4 Å². The van der Waals surface area contributed by atoms with Crippen LogP contribution < -0.4 is 10.6 Å². The summed E-state index contributed by atoms with van der Waals surface area (Å²) in [4.78, 5) is 56.3. The predicted octanol–water partition coefficient (Wildman–Crippen LogP) is 2.32. The number of hydrogen-bond donors (Lipinski definition) is 3. The number of amides is 4. The lowest BCUT2D eigenvalue weighted by Gasteiger charge is -2.22. The fraction of sp³-hybridized carbons (Fsp3) is 0.360. The van der Waals surface area contributed by atoms with E-state index in [1.165, 1.54) is 28.0 Å². The number of anilines is 1. The van der Waals surface area contributed by atoms with Crippen LogP contribution in [0.2, 0.25) is 0 Å². The molecule has 0 bridgehead atoms. The zero-order valence-electron chi connectivity index (χ0n) is 20.7. The molecule has 4 amide bonds. The van der Waals surface area contributed by atoms with E-state index in [2.05, 4.69) is 15.6 Å². The molecule has 0 aliphatic carbocycles. The first kappa shape index (κ1) is 25.7. The maximum atomic E-state index is 13.8. The molecule has 10 heteroatoms. The van der Waals surface area contributed by atoms with Crippen molar-refractivity contribution in [3.63, 3.8) is 0 Å². The number of H-pyrrole nitrogens is 1. The standard InChI is InChI=1S/C25H30FN5O4/c1-13-20(12-17-16-11-15(26)7-8-18(16)28-23(17)33)27-14(2)22(13)24(34)29-19(25(35)31(5)6)9-10-21(32)30(3)4/h7-8,11-12,19,27H,9-10H2,1-6H3,(H,28,33)(H,29,34)/b17-12-/t19-/m1/s1. The first-order valence-electron chi connectivity index (χ1n) is 11.1. The lowest BCUT2D eigenvalue weighted by molar-refractivity contribution is -0.132. The Hall–Kier alpha value is -3.95. The van der Waals surface area contributed by atoms with Gasteiger partial charge in [-0.15, -0.1) is 0 Å². The normalized spacial score (nSPS) is 14.4. The number of carbonyl (C=O) groups excluding carboxylic acids is 4. The summed E-state index contributed by atoms with van der Waals surface area (Å²) in [5, 5.41) is 5.46. The number of rotatable bonds is 7. The topological polar surface area (TPSA) is 115 Å². The van der Waals surface area contributed by atoms with Crippen LogP contribution >= 0.6 is 0 Å². The summed E-state index contributed by atoms with van der Waals surface area (Å²) in [6.45, 7) is 3.44. The van der Waals surface area contributed by atoms with Gasteiger partial charge in [-0.3, -0.25) is 19.2 Å². The number of aromatic amines is 1. The maximum Gasteiger partial charge on any atom is 0.256 e. The van der Waals surface area contributed by atoms with Crippen LogP contribution in [0.15, 0.2) is 18.2 Å². The third kappa shape index (κ3) is 5.42. The van der Waals surface area contributed by atoms with Gasteiger partial charge in [-0.25, -0.2) is 4.39 Å². The van der Waals surface area contributed by atoms with Crippen LogP contribution in [0.1, 0.15) is 45.7 Å². The molecule has 0 spiro atoms. The van der Waals surface area contributed by atoms with Crippen LogP contribution in [0.4, 0.5) is 10.1 Å². The van der Waals surface area contributed by atoms with Gasteiger partial charge in [0.2, 0.25) is 11.8 Å². The minimum atomic E-state index is -0.882. The van der Waals surface area contributed by atoms with Crippen molar-refractivity contribution in [1.82, 2.24) is 20.1 Å². The molecule has 3 N–H and O–H groups in total. The molecule has 0 saturated carbocycles. The Kier molecular flexibility index (Phi) is 7.42. The van der Waals surface area contributed by atoms with Gasteiger partial charge < -0.3 is 25.4 Å². The van der Waals surface area contributed by atoms with E-state index in [1.807, 2.05) is 0 Å². The summed E-state index contributed by atoms with van der Waals surface area (Å²) < 4.78 is 13.8. The van der Waals surface area contributed by atoms with Gasteiger partial charge >= 0.3 is 0 Å². The molecule has 1 aliphatic rings. The minimum absolute atomic E-state index is 0.102. The Bertz CT molecular complexity index is 1230. The number of likely N-dealkylation sites (N-methyl/N-ethyl adjacent to an activating group) is 1. The van der Waals surface area contributed by atoms with Crippen LogP contribution in [-0.4, -0.2) is 72.6 Å². The largest absolute Gasteiger partial charge is 0.358 e. The quantitative estimate of drug-likeness (QED) is 0.525. The SMILES string of the molecule is Cc1[nH]c(/C=C2\C(=O)Nc3ccc(F)cc32)c(C)c1C(=O)N[C@H](CCC(=O)N(C)C)C(=O)N(C)C. The van der Waals surface area contributed by atoms with Crippen molar-refractivity contribution in [3.05, 3.63) is 52.1 Å². The molecule has 2 aromatic rings. The van der Waals surface area contributed by atoms with Crippen LogP contribution in [0, 0.1) is 19.7 Å². The number of aryl methyl sites for hydroxylation is 1. The molecular formula is C25H30FN5O4.